The summed E-state index contributed by atoms with van der Waals surface area (Å²) in [6.07, 6.45) is 8.18. The van der Waals surface area contributed by atoms with Crippen molar-refractivity contribution in [3.8, 4) is 0 Å². The van der Waals surface area contributed by atoms with E-state index in [-0.39, 0.29) is 5.92 Å². The van der Waals surface area contributed by atoms with Gasteiger partial charge in [0.25, 0.3) is 0 Å². The predicted octanol–water partition coefficient (Wildman–Crippen LogP) is 4.94. The minimum absolute atomic E-state index is 0.165. The van der Waals surface area contributed by atoms with E-state index in [0.29, 0.717) is 22.8 Å². The molecule has 3 aliphatic heterocycles. The van der Waals surface area contributed by atoms with Crippen molar-refractivity contribution in [1.29, 1.82) is 0 Å². The third-order valence-corrected chi connectivity index (χ3v) is 9.82. The fourth-order valence-electron chi connectivity index (χ4n) is 8.31. The zero-order chi connectivity index (χ0) is 23.2. The molecule has 0 amide bonds. The van der Waals surface area contributed by atoms with Crippen LogP contribution in [0.5, 0.6) is 0 Å². The second-order valence-corrected chi connectivity index (χ2v) is 11.5. The van der Waals surface area contributed by atoms with Crippen LogP contribution in [-0.4, -0.2) is 59.6 Å². The van der Waals surface area contributed by atoms with Crippen LogP contribution in [0.1, 0.15) is 56.1 Å². The summed E-state index contributed by atoms with van der Waals surface area (Å²) in [5.41, 5.74) is 3.84. The van der Waals surface area contributed by atoms with Crippen LogP contribution in [0.25, 0.3) is 0 Å². The van der Waals surface area contributed by atoms with E-state index in [0.717, 1.165) is 32.5 Å². The zero-order valence-electron chi connectivity index (χ0n) is 20.2. The number of carboxylic acid groups (broad SMARTS) is 1. The van der Waals surface area contributed by atoms with E-state index in [1.54, 1.807) is 11.1 Å². The maximum absolute atomic E-state index is 11.4. The molecule has 3 atom stereocenters. The van der Waals surface area contributed by atoms with Gasteiger partial charge in [0.05, 0.1) is 5.92 Å². The highest BCUT2D eigenvalue weighted by Gasteiger charge is 2.71. The molecule has 3 aliphatic carbocycles. The summed E-state index contributed by atoms with van der Waals surface area (Å²) in [7, 11) is 0. The Labute approximate surface area is 204 Å². The largest absolute Gasteiger partial charge is 0.481 e. The van der Waals surface area contributed by atoms with E-state index in [4.69, 9.17) is 0 Å². The lowest BCUT2D eigenvalue weighted by Crippen LogP contribution is -2.76. The van der Waals surface area contributed by atoms with Crippen LogP contribution in [0.4, 0.5) is 0 Å². The van der Waals surface area contributed by atoms with Gasteiger partial charge >= 0.3 is 5.97 Å². The molecule has 0 aromatic heterocycles. The molecular weight excluding hydrogens is 420 g/mol. The summed E-state index contributed by atoms with van der Waals surface area (Å²) in [6.45, 7) is 5.26. The van der Waals surface area contributed by atoms with Gasteiger partial charge in [-0.25, -0.2) is 0 Å². The Morgan fingerprint density at radius 2 is 1.50 bits per heavy atom. The molecule has 4 heteroatoms. The van der Waals surface area contributed by atoms with Crippen LogP contribution in [0.15, 0.2) is 60.7 Å². The first-order valence-electron chi connectivity index (χ1n) is 13.4. The summed E-state index contributed by atoms with van der Waals surface area (Å²) in [6, 6.07) is 23.4. The van der Waals surface area contributed by atoms with Crippen molar-refractivity contribution in [3.05, 3.63) is 71.8 Å². The highest BCUT2D eigenvalue weighted by atomic mass is 16.4. The number of hydrogen-bond acceptors (Lipinski definition) is 3. The Balaban J connectivity index is 1.11. The number of fused-ring (bicyclic) bond motifs is 1. The monoisotopic (exact) mass is 458 g/mol. The van der Waals surface area contributed by atoms with Crippen molar-refractivity contribution in [2.45, 2.75) is 61.8 Å². The van der Waals surface area contributed by atoms with Crippen LogP contribution in [0, 0.1) is 11.8 Å². The van der Waals surface area contributed by atoms with E-state index in [1.807, 2.05) is 0 Å². The third kappa shape index (κ3) is 3.61. The lowest BCUT2D eigenvalue weighted by atomic mass is 9.33. The van der Waals surface area contributed by atoms with Gasteiger partial charge in [0, 0.05) is 30.0 Å². The molecule has 3 unspecified atom stereocenters. The molecule has 3 saturated carbocycles. The Morgan fingerprint density at radius 3 is 2.09 bits per heavy atom. The summed E-state index contributed by atoms with van der Waals surface area (Å²) in [5.74, 6) is -0.0813. The van der Waals surface area contributed by atoms with Crippen LogP contribution >= 0.6 is 0 Å². The van der Waals surface area contributed by atoms with Crippen LogP contribution in [-0.2, 0) is 15.6 Å². The Morgan fingerprint density at radius 1 is 0.882 bits per heavy atom. The molecule has 4 bridgehead atoms. The molecule has 2 aromatic carbocycles. The first kappa shape index (κ1) is 22.3. The maximum atomic E-state index is 11.4. The van der Waals surface area contributed by atoms with E-state index in [2.05, 4.69) is 70.5 Å². The summed E-state index contributed by atoms with van der Waals surface area (Å²) >= 11 is 0. The SMILES string of the molecule is O=C(O)C1CCCN(CCCCN2CC3C4(c5ccccc5)CC2CC3(c2ccccc2)C4)C1. The van der Waals surface area contributed by atoms with Crippen LogP contribution in [0.3, 0.4) is 0 Å². The molecule has 3 heterocycles. The second-order valence-electron chi connectivity index (χ2n) is 11.5. The summed E-state index contributed by atoms with van der Waals surface area (Å²) < 4.78 is 0. The number of hydrogen-bond donors (Lipinski definition) is 1. The van der Waals surface area contributed by atoms with Crippen molar-refractivity contribution in [2.24, 2.45) is 11.8 Å². The summed E-state index contributed by atoms with van der Waals surface area (Å²) in [5, 5.41) is 9.36. The number of piperidine rings is 3. The lowest BCUT2D eigenvalue weighted by molar-refractivity contribution is -0.162. The van der Waals surface area contributed by atoms with Crippen molar-refractivity contribution in [3.63, 3.8) is 0 Å². The number of rotatable bonds is 8. The molecule has 1 N–H and O–H groups in total. The summed E-state index contributed by atoms with van der Waals surface area (Å²) in [4.78, 5) is 16.6. The van der Waals surface area contributed by atoms with Crippen molar-refractivity contribution < 1.29 is 9.90 Å². The lowest BCUT2D eigenvalue weighted by Gasteiger charge is -2.75. The molecule has 0 radical (unpaired) electrons. The van der Waals surface area contributed by atoms with Crippen molar-refractivity contribution >= 4 is 5.97 Å². The van der Waals surface area contributed by atoms with Gasteiger partial charge in [-0.15, -0.1) is 0 Å². The van der Waals surface area contributed by atoms with Gasteiger partial charge < -0.3 is 10.0 Å². The maximum Gasteiger partial charge on any atom is 0.307 e. The second kappa shape index (κ2) is 8.80. The molecule has 2 aromatic rings. The minimum Gasteiger partial charge on any atom is -0.481 e. The van der Waals surface area contributed by atoms with Crippen LogP contribution < -0.4 is 0 Å². The van der Waals surface area contributed by atoms with Crippen LogP contribution in [0.2, 0.25) is 0 Å². The fourth-order valence-corrected chi connectivity index (χ4v) is 8.31. The average molecular weight is 459 g/mol. The smallest absolute Gasteiger partial charge is 0.307 e. The number of unbranched alkanes of at least 4 members (excludes halogenated alkanes) is 1. The number of aliphatic carboxylic acids is 1. The van der Waals surface area contributed by atoms with Gasteiger partial charge in [-0.2, -0.15) is 0 Å². The molecule has 4 nitrogen and oxygen atoms in total. The van der Waals surface area contributed by atoms with Gasteiger partial charge in [-0.3, -0.25) is 9.69 Å². The number of benzene rings is 2. The minimum atomic E-state index is -0.618. The van der Waals surface area contributed by atoms with Gasteiger partial charge in [0.1, 0.15) is 0 Å². The zero-order valence-corrected chi connectivity index (χ0v) is 20.2. The van der Waals surface area contributed by atoms with E-state index in [1.165, 1.54) is 45.2 Å². The number of nitrogens with zero attached hydrogens (tertiary/aromatic N) is 2. The number of carbonyl (C=O) groups is 1. The van der Waals surface area contributed by atoms with Gasteiger partial charge in [0.15, 0.2) is 0 Å². The van der Waals surface area contributed by atoms with E-state index >= 15 is 0 Å². The first-order chi connectivity index (χ1) is 16.6. The number of likely N-dealkylation sites (tertiary alicyclic amines) is 1. The predicted molar refractivity (Wildman–Crippen MR) is 135 cm³/mol. The molecule has 34 heavy (non-hydrogen) atoms. The van der Waals surface area contributed by atoms with Gasteiger partial charge in [-0.1, -0.05) is 60.7 Å². The third-order valence-electron chi connectivity index (χ3n) is 9.82. The standard InChI is InChI=1S/C30H38N2O2/c33-28(34)23-10-9-16-31(20-23)15-7-8-17-32-21-27-29(24-11-3-1-4-12-24)18-26(32)19-30(27,22-29)25-13-5-2-6-14-25/h1-6,11-14,23,26-27H,7-10,15-22H2,(H,33,34). The molecule has 6 aliphatic rings. The Hall–Kier alpha value is -2.17. The molecule has 3 saturated heterocycles. The normalized spacial score (nSPS) is 35.1. The topological polar surface area (TPSA) is 43.8 Å². The van der Waals surface area contributed by atoms with Gasteiger partial charge in [0.2, 0.25) is 0 Å². The first-order valence-corrected chi connectivity index (χ1v) is 13.4. The molecule has 8 rings (SSSR count). The van der Waals surface area contributed by atoms with Crippen molar-refractivity contribution in [1.82, 2.24) is 9.80 Å². The Kier molecular flexibility index (Phi) is 5.77. The fraction of sp³-hybridized carbons (Fsp3) is 0.567. The van der Waals surface area contributed by atoms with E-state index < -0.39 is 5.97 Å². The molecule has 6 fully saturated rings. The molecule has 0 spiro atoms. The quantitative estimate of drug-likeness (QED) is 0.569. The molecule has 180 valence electrons. The Bertz CT molecular complexity index is 955. The highest BCUT2D eigenvalue weighted by Crippen LogP contribution is 2.71. The number of carboxylic acids is 1. The van der Waals surface area contributed by atoms with Crippen molar-refractivity contribution in [2.75, 3.05) is 32.7 Å². The highest BCUT2D eigenvalue weighted by molar-refractivity contribution is 5.70. The van der Waals surface area contributed by atoms with Gasteiger partial charge in [-0.05, 0) is 81.6 Å². The average Bonchev–Trinajstić information content (AvgIpc) is 2.88. The molecular formula is C30H38N2O2. The van der Waals surface area contributed by atoms with E-state index in [9.17, 15) is 9.90 Å².